The van der Waals surface area contributed by atoms with Crippen molar-refractivity contribution in [2.24, 2.45) is 0 Å². The molecule has 0 fully saturated rings. The number of halogens is 1. The molecular weight excluding hydrogens is 328 g/mol. The van der Waals surface area contributed by atoms with Gasteiger partial charge in [0, 0.05) is 18.5 Å². The maximum absolute atomic E-state index is 12.3. The fraction of sp³-hybridized carbons (Fsp3) is 0.111. The van der Waals surface area contributed by atoms with Crippen LogP contribution in [0.4, 0.5) is 0 Å². The minimum Gasteiger partial charge on any atom is -0.424 e. The van der Waals surface area contributed by atoms with E-state index in [1.165, 1.54) is 0 Å². The van der Waals surface area contributed by atoms with Crippen molar-refractivity contribution in [2.75, 3.05) is 0 Å². The zero-order valence-corrected chi connectivity index (χ0v) is 13.7. The zero-order valence-electron chi connectivity index (χ0n) is 12.9. The van der Waals surface area contributed by atoms with Crippen LogP contribution in [-0.4, -0.2) is 10.9 Å². The highest BCUT2D eigenvalue weighted by Gasteiger charge is 2.16. The van der Waals surface area contributed by atoms with Crippen LogP contribution in [0.1, 0.15) is 29.1 Å². The van der Waals surface area contributed by atoms with E-state index >= 15 is 0 Å². The quantitative estimate of drug-likeness (QED) is 0.735. The predicted molar refractivity (Wildman–Crippen MR) is 90.4 cm³/mol. The van der Waals surface area contributed by atoms with E-state index in [9.17, 15) is 4.79 Å². The number of nitrogens with zero attached hydrogens (tertiary/aromatic N) is 1. The Morgan fingerprint density at radius 3 is 2.67 bits per heavy atom. The highest BCUT2D eigenvalue weighted by Crippen LogP contribution is 2.30. The summed E-state index contributed by atoms with van der Waals surface area (Å²) in [7, 11) is 0. The maximum Gasteiger partial charge on any atom is 0.290 e. The number of hydrogen-bond donors (Lipinski definition) is 1. The van der Waals surface area contributed by atoms with Crippen molar-refractivity contribution in [3.8, 4) is 11.7 Å². The molecule has 0 aliphatic rings. The molecule has 24 heavy (non-hydrogen) atoms. The van der Waals surface area contributed by atoms with Gasteiger partial charge in [-0.15, -0.1) is 0 Å². The SMILES string of the molecule is CC(NC(=O)c1ccc(Oc2ccccc2Cl)o1)c1ccncc1. The summed E-state index contributed by atoms with van der Waals surface area (Å²) in [5.74, 6) is 0.502. The molecule has 0 spiro atoms. The molecule has 0 bridgehead atoms. The van der Waals surface area contributed by atoms with E-state index in [0.717, 1.165) is 5.56 Å². The first-order valence-corrected chi connectivity index (χ1v) is 7.74. The summed E-state index contributed by atoms with van der Waals surface area (Å²) in [5.41, 5.74) is 0.956. The lowest BCUT2D eigenvalue weighted by Crippen LogP contribution is -2.26. The lowest BCUT2D eigenvalue weighted by atomic mass is 10.1. The third-order valence-electron chi connectivity index (χ3n) is 3.41. The van der Waals surface area contributed by atoms with Crippen LogP contribution in [0.25, 0.3) is 0 Å². The number of furan rings is 1. The van der Waals surface area contributed by atoms with Crippen molar-refractivity contribution in [3.05, 3.63) is 77.3 Å². The van der Waals surface area contributed by atoms with Crippen molar-refractivity contribution in [1.29, 1.82) is 0 Å². The Morgan fingerprint density at radius 2 is 1.92 bits per heavy atom. The van der Waals surface area contributed by atoms with E-state index in [1.807, 2.05) is 19.1 Å². The minimum absolute atomic E-state index is 0.165. The summed E-state index contributed by atoms with van der Waals surface area (Å²) >= 11 is 6.03. The third kappa shape index (κ3) is 3.75. The second-order valence-electron chi connectivity index (χ2n) is 5.13. The molecular formula is C18H15ClN2O3. The normalized spacial score (nSPS) is 11.8. The first-order chi connectivity index (χ1) is 11.6. The number of amides is 1. The van der Waals surface area contributed by atoms with Crippen LogP contribution in [0.2, 0.25) is 5.02 Å². The van der Waals surface area contributed by atoms with Gasteiger partial charge in [0.2, 0.25) is 0 Å². The molecule has 1 unspecified atom stereocenters. The molecule has 0 aliphatic heterocycles. The molecule has 0 aliphatic carbocycles. The Hall–Kier alpha value is -2.79. The van der Waals surface area contributed by atoms with Gasteiger partial charge in [-0.05, 0) is 42.8 Å². The molecule has 6 heteroatoms. The van der Waals surface area contributed by atoms with E-state index in [-0.39, 0.29) is 23.7 Å². The van der Waals surface area contributed by atoms with Crippen molar-refractivity contribution >= 4 is 17.5 Å². The summed E-state index contributed by atoms with van der Waals surface area (Å²) in [5, 5.41) is 3.32. The first-order valence-electron chi connectivity index (χ1n) is 7.36. The molecule has 3 rings (SSSR count). The summed E-state index contributed by atoms with van der Waals surface area (Å²) in [6.45, 7) is 1.89. The maximum atomic E-state index is 12.3. The Kier molecular flexibility index (Phi) is 4.82. The molecule has 2 heterocycles. The number of pyridine rings is 1. The number of hydrogen-bond acceptors (Lipinski definition) is 4. The van der Waals surface area contributed by atoms with Crippen LogP contribution in [0.15, 0.2) is 65.3 Å². The van der Waals surface area contributed by atoms with E-state index in [1.54, 1.807) is 48.8 Å². The van der Waals surface area contributed by atoms with Gasteiger partial charge in [-0.3, -0.25) is 9.78 Å². The van der Waals surface area contributed by atoms with Gasteiger partial charge in [-0.25, -0.2) is 0 Å². The molecule has 122 valence electrons. The van der Waals surface area contributed by atoms with Crippen LogP contribution in [0.3, 0.4) is 0 Å². The van der Waals surface area contributed by atoms with Crippen LogP contribution in [0, 0.1) is 0 Å². The number of rotatable bonds is 5. The number of ether oxygens (including phenoxy) is 1. The van der Waals surface area contributed by atoms with E-state index < -0.39 is 0 Å². The van der Waals surface area contributed by atoms with Crippen LogP contribution >= 0.6 is 11.6 Å². The van der Waals surface area contributed by atoms with Crippen molar-refractivity contribution in [2.45, 2.75) is 13.0 Å². The van der Waals surface area contributed by atoms with E-state index in [2.05, 4.69) is 10.3 Å². The predicted octanol–water partition coefficient (Wildman–Crippen LogP) is 4.61. The number of aromatic nitrogens is 1. The van der Waals surface area contributed by atoms with E-state index in [4.69, 9.17) is 20.8 Å². The van der Waals surface area contributed by atoms with Crippen molar-refractivity contribution in [1.82, 2.24) is 10.3 Å². The number of carbonyl (C=O) groups is 1. The average Bonchev–Trinajstić information content (AvgIpc) is 3.06. The minimum atomic E-state index is -0.326. The number of carbonyl (C=O) groups excluding carboxylic acids is 1. The van der Waals surface area contributed by atoms with Crippen molar-refractivity contribution in [3.63, 3.8) is 0 Å². The number of para-hydroxylation sites is 1. The largest absolute Gasteiger partial charge is 0.424 e. The topological polar surface area (TPSA) is 64.4 Å². The molecule has 2 aromatic heterocycles. The zero-order chi connectivity index (χ0) is 16.9. The van der Waals surface area contributed by atoms with Gasteiger partial charge in [0.15, 0.2) is 5.76 Å². The Bertz CT molecular complexity index is 833. The number of benzene rings is 1. The lowest BCUT2D eigenvalue weighted by Gasteiger charge is -2.12. The highest BCUT2D eigenvalue weighted by atomic mass is 35.5. The van der Waals surface area contributed by atoms with E-state index in [0.29, 0.717) is 10.8 Å². The van der Waals surface area contributed by atoms with Gasteiger partial charge < -0.3 is 14.5 Å². The van der Waals surface area contributed by atoms with Crippen molar-refractivity contribution < 1.29 is 13.9 Å². The van der Waals surface area contributed by atoms with Gasteiger partial charge in [0.25, 0.3) is 11.9 Å². The Balaban J connectivity index is 1.67. The average molecular weight is 343 g/mol. The standard InChI is InChI=1S/C18H15ClN2O3/c1-12(13-8-10-20-11-9-13)21-18(22)16-6-7-17(24-16)23-15-5-3-2-4-14(15)19/h2-12H,1H3,(H,21,22). The second kappa shape index (κ2) is 7.19. The van der Waals surface area contributed by atoms with Crippen LogP contribution < -0.4 is 10.1 Å². The van der Waals surface area contributed by atoms with Gasteiger partial charge in [0.05, 0.1) is 11.1 Å². The first kappa shape index (κ1) is 16.1. The van der Waals surface area contributed by atoms with Crippen LogP contribution in [-0.2, 0) is 0 Å². The summed E-state index contributed by atoms with van der Waals surface area (Å²) in [4.78, 5) is 16.2. The molecule has 5 nitrogen and oxygen atoms in total. The molecule has 1 atom stereocenters. The second-order valence-corrected chi connectivity index (χ2v) is 5.53. The lowest BCUT2D eigenvalue weighted by molar-refractivity contribution is 0.0907. The van der Waals surface area contributed by atoms with Gasteiger partial charge in [-0.1, -0.05) is 23.7 Å². The molecule has 1 aromatic carbocycles. The molecule has 3 aromatic rings. The number of nitrogens with one attached hydrogen (secondary N) is 1. The highest BCUT2D eigenvalue weighted by molar-refractivity contribution is 6.32. The molecule has 1 amide bonds. The molecule has 0 saturated carbocycles. The molecule has 1 N–H and O–H groups in total. The van der Waals surface area contributed by atoms with Gasteiger partial charge >= 0.3 is 0 Å². The Morgan fingerprint density at radius 1 is 1.17 bits per heavy atom. The fourth-order valence-electron chi connectivity index (χ4n) is 2.14. The third-order valence-corrected chi connectivity index (χ3v) is 3.72. The fourth-order valence-corrected chi connectivity index (χ4v) is 2.31. The van der Waals surface area contributed by atoms with Gasteiger partial charge in [-0.2, -0.15) is 0 Å². The Labute approximate surface area is 144 Å². The van der Waals surface area contributed by atoms with Crippen LogP contribution in [0.5, 0.6) is 11.7 Å². The monoisotopic (exact) mass is 342 g/mol. The summed E-state index contributed by atoms with van der Waals surface area (Å²) < 4.78 is 11.0. The summed E-state index contributed by atoms with van der Waals surface area (Å²) in [6, 6.07) is 13.7. The molecule has 0 saturated heterocycles. The summed E-state index contributed by atoms with van der Waals surface area (Å²) in [6.07, 6.45) is 3.36. The smallest absolute Gasteiger partial charge is 0.290 e. The molecule has 0 radical (unpaired) electrons. The van der Waals surface area contributed by atoms with Gasteiger partial charge in [0.1, 0.15) is 5.75 Å².